The summed E-state index contributed by atoms with van der Waals surface area (Å²) in [4.78, 5) is 23.9. The van der Waals surface area contributed by atoms with E-state index >= 15 is 0 Å². The number of aliphatic hydroxyl groups excluding tert-OH is 1. The van der Waals surface area contributed by atoms with Gasteiger partial charge >= 0.3 is 6.03 Å². The van der Waals surface area contributed by atoms with E-state index in [1.165, 1.54) is 0 Å². The van der Waals surface area contributed by atoms with E-state index < -0.39 is 17.7 Å². The van der Waals surface area contributed by atoms with Crippen molar-refractivity contribution in [2.75, 3.05) is 19.6 Å². The summed E-state index contributed by atoms with van der Waals surface area (Å²) in [5.74, 6) is -1.55. The van der Waals surface area contributed by atoms with Crippen molar-refractivity contribution < 1.29 is 18.7 Å². The van der Waals surface area contributed by atoms with Crippen LogP contribution in [0.2, 0.25) is 10.0 Å². The van der Waals surface area contributed by atoms with Crippen molar-refractivity contribution >= 4 is 40.3 Å². The topological polar surface area (TPSA) is 84.5 Å². The second-order valence-electron chi connectivity index (χ2n) is 9.09. The first-order valence-electron chi connectivity index (χ1n) is 11.3. The van der Waals surface area contributed by atoms with Gasteiger partial charge in [-0.3, -0.25) is 0 Å². The predicted octanol–water partition coefficient (Wildman–Crippen LogP) is 4.36. The number of H-pyrrole nitrogens is 1. The lowest BCUT2D eigenvalue weighted by Gasteiger charge is -2.26. The fourth-order valence-corrected chi connectivity index (χ4v) is 4.71. The van der Waals surface area contributed by atoms with Crippen LogP contribution < -0.4 is 5.32 Å². The van der Waals surface area contributed by atoms with Crippen LogP contribution in [0, 0.1) is 11.6 Å². The first-order valence-corrected chi connectivity index (χ1v) is 12.1. The molecule has 0 spiro atoms. The quantitative estimate of drug-likeness (QED) is 0.387. The number of β-amino-alcohol motifs (C(OH)–C–C–N with tert-alkyl or cyclic N) is 1. The van der Waals surface area contributed by atoms with Gasteiger partial charge in [-0.25, -0.2) is 18.6 Å². The van der Waals surface area contributed by atoms with E-state index in [4.69, 9.17) is 23.2 Å². The monoisotopic (exact) mass is 525 g/mol. The fraction of sp³-hybridized carbons (Fsp3) is 0.417. The van der Waals surface area contributed by atoms with Crippen molar-refractivity contribution in [2.24, 2.45) is 0 Å². The number of rotatable bonds is 9. The standard InChI is InChI=1S/C24H27Cl2F2N5O2/c1-13(2)29-9-17(34)11-33-16(5-14-3-4-15(25)6-18(14)26)10-32(24(33)35)12-23-30-21-7-19(27)20(28)8-22(21)31-23/h3-4,6-8,13,16-17,29,34H,5,9-12H2,1-2H3,(H,30,31). The molecule has 2 atom stereocenters. The van der Waals surface area contributed by atoms with E-state index in [-0.39, 0.29) is 36.7 Å². The third kappa shape index (κ3) is 6.03. The Hall–Kier alpha value is -2.46. The molecule has 1 aromatic heterocycles. The number of nitrogens with one attached hydrogen (secondary N) is 2. The number of imidazole rings is 1. The van der Waals surface area contributed by atoms with Gasteiger partial charge in [0.05, 0.1) is 29.7 Å². The summed E-state index contributed by atoms with van der Waals surface area (Å²) >= 11 is 12.4. The molecule has 35 heavy (non-hydrogen) atoms. The molecule has 0 radical (unpaired) electrons. The Kier molecular flexibility index (Phi) is 7.80. The number of hydrogen-bond acceptors (Lipinski definition) is 4. The summed E-state index contributed by atoms with van der Waals surface area (Å²) in [6.45, 7) is 4.93. The summed E-state index contributed by atoms with van der Waals surface area (Å²) in [7, 11) is 0. The first-order chi connectivity index (χ1) is 16.6. The molecule has 2 amide bonds. The van der Waals surface area contributed by atoms with Gasteiger partial charge < -0.3 is 25.2 Å². The molecule has 4 rings (SSSR count). The zero-order valence-electron chi connectivity index (χ0n) is 19.4. The lowest BCUT2D eigenvalue weighted by Crippen LogP contribution is -2.45. The molecule has 1 saturated heterocycles. The third-order valence-electron chi connectivity index (χ3n) is 5.94. The summed E-state index contributed by atoms with van der Waals surface area (Å²) in [5.41, 5.74) is 1.47. The largest absolute Gasteiger partial charge is 0.390 e. The number of aromatic nitrogens is 2. The summed E-state index contributed by atoms with van der Waals surface area (Å²) in [6.07, 6.45) is -0.291. The van der Waals surface area contributed by atoms with Gasteiger partial charge in [-0.1, -0.05) is 43.1 Å². The van der Waals surface area contributed by atoms with E-state index in [9.17, 15) is 18.7 Å². The number of halogens is 4. The van der Waals surface area contributed by atoms with Gasteiger partial charge in [0.1, 0.15) is 5.82 Å². The number of nitrogens with zero attached hydrogens (tertiary/aromatic N) is 3. The highest BCUT2D eigenvalue weighted by molar-refractivity contribution is 6.35. The van der Waals surface area contributed by atoms with Crippen LogP contribution in [0.3, 0.4) is 0 Å². The molecule has 2 unspecified atom stereocenters. The Morgan fingerprint density at radius 1 is 1.23 bits per heavy atom. The molecular formula is C24H27Cl2F2N5O2. The van der Waals surface area contributed by atoms with Gasteiger partial charge in [-0.2, -0.15) is 0 Å². The number of carbonyl (C=O) groups excluding carboxylic acids is 1. The zero-order chi connectivity index (χ0) is 25.3. The second-order valence-corrected chi connectivity index (χ2v) is 9.94. The number of amides is 2. The van der Waals surface area contributed by atoms with Crippen molar-refractivity contribution in [3.63, 3.8) is 0 Å². The van der Waals surface area contributed by atoms with Crippen LogP contribution in [0.5, 0.6) is 0 Å². The normalized spacial score (nSPS) is 17.3. The van der Waals surface area contributed by atoms with Gasteiger partial charge in [-0.05, 0) is 24.1 Å². The minimum absolute atomic E-state index is 0.123. The minimum Gasteiger partial charge on any atom is -0.390 e. The predicted molar refractivity (Wildman–Crippen MR) is 132 cm³/mol. The highest BCUT2D eigenvalue weighted by atomic mass is 35.5. The van der Waals surface area contributed by atoms with Gasteiger partial charge in [0.25, 0.3) is 0 Å². The number of aromatic amines is 1. The van der Waals surface area contributed by atoms with Crippen LogP contribution in [-0.2, 0) is 13.0 Å². The maximum atomic E-state index is 13.6. The maximum absolute atomic E-state index is 13.6. The first kappa shape index (κ1) is 25.6. The summed E-state index contributed by atoms with van der Waals surface area (Å²) in [5, 5.41) is 14.8. The van der Waals surface area contributed by atoms with Gasteiger partial charge in [-0.15, -0.1) is 0 Å². The molecule has 0 saturated carbocycles. The number of urea groups is 1. The Labute approximate surface area is 212 Å². The molecule has 3 aromatic rings. The maximum Gasteiger partial charge on any atom is 0.320 e. The zero-order valence-corrected chi connectivity index (χ0v) is 20.9. The molecule has 7 nitrogen and oxygen atoms in total. The van der Waals surface area contributed by atoms with Crippen molar-refractivity contribution in [1.82, 2.24) is 25.1 Å². The summed E-state index contributed by atoms with van der Waals surface area (Å²) in [6, 6.07) is 6.97. The average molecular weight is 526 g/mol. The Morgan fingerprint density at radius 3 is 2.69 bits per heavy atom. The lowest BCUT2D eigenvalue weighted by atomic mass is 10.0. The van der Waals surface area contributed by atoms with Gasteiger partial charge in [0.2, 0.25) is 0 Å². The highest BCUT2D eigenvalue weighted by Crippen LogP contribution is 2.27. The van der Waals surface area contributed by atoms with Gasteiger partial charge in [0, 0.05) is 47.9 Å². The SMILES string of the molecule is CC(C)NCC(O)CN1C(=O)N(Cc2nc3cc(F)c(F)cc3[nH]2)CC1Cc1ccc(Cl)cc1Cl. The van der Waals surface area contributed by atoms with E-state index in [1.807, 2.05) is 19.9 Å². The summed E-state index contributed by atoms with van der Waals surface area (Å²) < 4.78 is 27.2. The Bertz CT molecular complexity index is 1180. The van der Waals surface area contributed by atoms with Crippen molar-refractivity contribution in [1.29, 1.82) is 0 Å². The molecule has 2 aromatic carbocycles. The third-order valence-corrected chi connectivity index (χ3v) is 6.53. The molecule has 1 aliphatic rings. The molecule has 188 valence electrons. The minimum atomic E-state index is -0.983. The van der Waals surface area contributed by atoms with Crippen LogP contribution >= 0.6 is 23.2 Å². The van der Waals surface area contributed by atoms with E-state index in [0.717, 1.165) is 17.7 Å². The molecule has 1 aliphatic heterocycles. The number of aliphatic hydroxyl groups is 1. The molecule has 0 bridgehead atoms. The Morgan fingerprint density at radius 2 is 1.97 bits per heavy atom. The van der Waals surface area contributed by atoms with E-state index in [0.29, 0.717) is 40.9 Å². The van der Waals surface area contributed by atoms with Crippen molar-refractivity contribution in [3.05, 3.63) is 63.4 Å². The fourth-order valence-electron chi connectivity index (χ4n) is 4.22. The molecule has 11 heteroatoms. The van der Waals surface area contributed by atoms with Crippen LogP contribution in [0.4, 0.5) is 13.6 Å². The van der Waals surface area contributed by atoms with E-state index in [1.54, 1.807) is 21.9 Å². The van der Waals surface area contributed by atoms with Crippen LogP contribution in [0.15, 0.2) is 30.3 Å². The van der Waals surface area contributed by atoms with Crippen molar-refractivity contribution in [2.45, 2.75) is 45.0 Å². The molecule has 1 fully saturated rings. The number of benzene rings is 2. The van der Waals surface area contributed by atoms with Crippen molar-refractivity contribution in [3.8, 4) is 0 Å². The number of hydrogen-bond donors (Lipinski definition) is 3. The lowest BCUT2D eigenvalue weighted by molar-refractivity contribution is 0.112. The average Bonchev–Trinajstić information content (AvgIpc) is 3.29. The Balaban J connectivity index is 1.54. The molecule has 2 heterocycles. The van der Waals surface area contributed by atoms with Crippen LogP contribution in [-0.4, -0.2) is 68.7 Å². The van der Waals surface area contributed by atoms with Crippen LogP contribution in [0.25, 0.3) is 11.0 Å². The highest BCUT2D eigenvalue weighted by Gasteiger charge is 2.38. The van der Waals surface area contributed by atoms with Gasteiger partial charge in [0.15, 0.2) is 11.6 Å². The van der Waals surface area contributed by atoms with E-state index in [2.05, 4.69) is 15.3 Å². The second kappa shape index (κ2) is 10.7. The molecule has 0 aliphatic carbocycles. The molecule has 3 N–H and O–H groups in total. The number of fused-ring (bicyclic) bond motifs is 1. The number of carbonyl (C=O) groups is 1. The smallest absolute Gasteiger partial charge is 0.320 e. The van der Waals surface area contributed by atoms with Crippen LogP contribution in [0.1, 0.15) is 25.2 Å². The molecular weight excluding hydrogens is 499 g/mol.